The van der Waals surface area contributed by atoms with Crippen LogP contribution in [0.5, 0.6) is 0 Å². The predicted molar refractivity (Wildman–Crippen MR) is 95.2 cm³/mol. The molecule has 1 aromatic carbocycles. The molecule has 1 aromatic heterocycles. The summed E-state index contributed by atoms with van der Waals surface area (Å²) < 4.78 is 27.9. The zero-order chi connectivity index (χ0) is 15.0. The minimum Gasteiger partial charge on any atom is -0.326 e. The standard InChI is InChI=1S/C14H15BrN2O2S2.ClH/c15-13-6-7-14(20-13)21(18,19)17-8-11(12(16)9-17)10-4-2-1-3-5-10;/h1-7,11-12H,8-9,16H2;1H/t11-,12+;/m0./s1. The number of hydrogen-bond donors (Lipinski definition) is 1. The molecule has 0 spiro atoms. The number of sulfonamides is 1. The number of nitrogens with two attached hydrogens (primary N) is 1. The molecule has 8 heteroatoms. The van der Waals surface area contributed by atoms with E-state index in [2.05, 4.69) is 15.9 Å². The number of rotatable bonds is 3. The number of halogens is 2. The van der Waals surface area contributed by atoms with Crippen molar-refractivity contribution >= 4 is 49.7 Å². The fraction of sp³-hybridized carbons (Fsp3) is 0.286. The van der Waals surface area contributed by atoms with Gasteiger partial charge in [-0.25, -0.2) is 8.42 Å². The highest BCUT2D eigenvalue weighted by molar-refractivity contribution is 9.11. The lowest BCUT2D eigenvalue weighted by atomic mass is 9.95. The van der Waals surface area contributed by atoms with Gasteiger partial charge in [0.2, 0.25) is 0 Å². The minimum atomic E-state index is -3.45. The van der Waals surface area contributed by atoms with E-state index in [0.717, 1.165) is 9.35 Å². The molecule has 0 unspecified atom stereocenters. The van der Waals surface area contributed by atoms with Gasteiger partial charge in [0.05, 0.1) is 3.79 Å². The number of nitrogens with zero attached hydrogens (tertiary/aromatic N) is 1. The SMILES string of the molecule is Cl.N[C@@H]1CN(S(=O)(=O)c2ccc(Br)s2)C[C@H]1c1ccccc1. The van der Waals surface area contributed by atoms with Crippen molar-refractivity contribution in [3.05, 3.63) is 51.8 Å². The maximum Gasteiger partial charge on any atom is 0.252 e. The summed E-state index contributed by atoms with van der Waals surface area (Å²) in [4.78, 5) is 0. The van der Waals surface area contributed by atoms with E-state index in [1.807, 2.05) is 30.3 Å². The summed E-state index contributed by atoms with van der Waals surface area (Å²) in [5.41, 5.74) is 7.26. The molecule has 0 bridgehead atoms. The fourth-order valence-electron chi connectivity index (χ4n) is 2.60. The molecule has 0 amide bonds. The van der Waals surface area contributed by atoms with Gasteiger partial charge in [0.25, 0.3) is 10.0 Å². The molecule has 4 nitrogen and oxygen atoms in total. The van der Waals surface area contributed by atoms with E-state index >= 15 is 0 Å². The Hall–Kier alpha value is -0.440. The lowest BCUT2D eigenvalue weighted by molar-refractivity contribution is 0.472. The van der Waals surface area contributed by atoms with Crippen molar-refractivity contribution in [2.75, 3.05) is 13.1 Å². The highest BCUT2D eigenvalue weighted by Gasteiger charge is 2.38. The topological polar surface area (TPSA) is 63.4 Å². The molecule has 2 heterocycles. The summed E-state index contributed by atoms with van der Waals surface area (Å²) in [7, 11) is -3.45. The fourth-order valence-corrected chi connectivity index (χ4v) is 6.27. The summed E-state index contributed by atoms with van der Waals surface area (Å²) >= 11 is 4.53. The van der Waals surface area contributed by atoms with Crippen LogP contribution < -0.4 is 5.73 Å². The second kappa shape index (κ2) is 6.98. The van der Waals surface area contributed by atoms with Crippen molar-refractivity contribution in [3.63, 3.8) is 0 Å². The highest BCUT2D eigenvalue weighted by Crippen LogP contribution is 2.33. The van der Waals surface area contributed by atoms with Crippen LogP contribution in [0.1, 0.15) is 11.5 Å². The molecule has 0 saturated carbocycles. The van der Waals surface area contributed by atoms with Gasteiger partial charge in [-0.1, -0.05) is 30.3 Å². The maximum absolute atomic E-state index is 12.6. The van der Waals surface area contributed by atoms with Crippen LogP contribution in [0.15, 0.2) is 50.5 Å². The minimum absolute atomic E-state index is 0. The first-order valence-corrected chi connectivity index (χ1v) is 9.59. The summed E-state index contributed by atoms with van der Waals surface area (Å²) in [6.45, 7) is 0.792. The Labute approximate surface area is 148 Å². The van der Waals surface area contributed by atoms with Gasteiger partial charge in [0, 0.05) is 25.0 Å². The van der Waals surface area contributed by atoms with Crippen LogP contribution in [-0.4, -0.2) is 31.9 Å². The Morgan fingerprint density at radius 1 is 1.14 bits per heavy atom. The van der Waals surface area contributed by atoms with E-state index in [1.54, 1.807) is 12.1 Å². The molecule has 0 aliphatic carbocycles. The van der Waals surface area contributed by atoms with Gasteiger partial charge in [-0.05, 0) is 33.6 Å². The largest absolute Gasteiger partial charge is 0.326 e. The van der Waals surface area contributed by atoms with Crippen molar-refractivity contribution in [1.82, 2.24) is 4.31 Å². The van der Waals surface area contributed by atoms with Gasteiger partial charge in [0.1, 0.15) is 4.21 Å². The van der Waals surface area contributed by atoms with Crippen LogP contribution >= 0.6 is 39.7 Å². The maximum atomic E-state index is 12.6. The third kappa shape index (κ3) is 3.39. The first-order chi connectivity index (χ1) is 9.98. The van der Waals surface area contributed by atoms with Gasteiger partial charge in [0.15, 0.2) is 0 Å². The van der Waals surface area contributed by atoms with Gasteiger partial charge in [-0.3, -0.25) is 0 Å². The van der Waals surface area contributed by atoms with Gasteiger partial charge in [-0.2, -0.15) is 4.31 Å². The molecule has 2 aromatic rings. The molecule has 3 rings (SSSR count). The third-order valence-electron chi connectivity index (χ3n) is 3.70. The Morgan fingerprint density at radius 3 is 2.41 bits per heavy atom. The summed E-state index contributed by atoms with van der Waals surface area (Å²) in [5.74, 6) is 0.0457. The molecule has 1 fully saturated rings. The third-order valence-corrected chi connectivity index (χ3v) is 7.62. The van der Waals surface area contributed by atoms with Crippen LogP contribution in [0.25, 0.3) is 0 Å². The zero-order valence-corrected chi connectivity index (χ0v) is 15.6. The molecule has 2 atom stereocenters. The number of thiophene rings is 1. The van der Waals surface area contributed by atoms with E-state index in [4.69, 9.17) is 5.73 Å². The zero-order valence-electron chi connectivity index (χ0n) is 11.6. The molecule has 22 heavy (non-hydrogen) atoms. The molecular weight excluding hydrogens is 408 g/mol. The van der Waals surface area contributed by atoms with Crippen LogP contribution in [0, 0.1) is 0 Å². The molecular formula is C14H16BrClN2O2S2. The van der Waals surface area contributed by atoms with Gasteiger partial charge < -0.3 is 5.73 Å². The van der Waals surface area contributed by atoms with E-state index in [9.17, 15) is 8.42 Å². The van der Waals surface area contributed by atoms with E-state index in [1.165, 1.54) is 15.6 Å². The Balaban J connectivity index is 0.00000176. The van der Waals surface area contributed by atoms with Gasteiger partial charge >= 0.3 is 0 Å². The van der Waals surface area contributed by atoms with Crippen LogP contribution in [-0.2, 0) is 10.0 Å². The summed E-state index contributed by atoms with van der Waals surface area (Å²) in [5, 5.41) is 0. The summed E-state index contributed by atoms with van der Waals surface area (Å²) in [6.07, 6.45) is 0. The smallest absolute Gasteiger partial charge is 0.252 e. The molecule has 1 saturated heterocycles. The normalized spacial score (nSPS) is 22.5. The van der Waals surface area contributed by atoms with Crippen LogP contribution in [0.4, 0.5) is 0 Å². The van der Waals surface area contributed by atoms with Crippen molar-refractivity contribution in [1.29, 1.82) is 0 Å². The average molecular weight is 424 g/mol. The van der Waals surface area contributed by atoms with Crippen molar-refractivity contribution < 1.29 is 8.42 Å². The van der Waals surface area contributed by atoms with Gasteiger partial charge in [-0.15, -0.1) is 23.7 Å². The summed E-state index contributed by atoms with van der Waals surface area (Å²) in [6, 6.07) is 13.1. The van der Waals surface area contributed by atoms with Crippen molar-refractivity contribution in [3.8, 4) is 0 Å². The van der Waals surface area contributed by atoms with E-state index in [-0.39, 0.29) is 24.4 Å². The second-order valence-corrected chi connectivity index (χ2v) is 9.69. The first-order valence-electron chi connectivity index (χ1n) is 6.54. The average Bonchev–Trinajstić information content (AvgIpc) is 3.07. The second-order valence-electron chi connectivity index (χ2n) is 5.06. The first kappa shape index (κ1) is 17.9. The highest BCUT2D eigenvalue weighted by atomic mass is 79.9. The van der Waals surface area contributed by atoms with Crippen LogP contribution in [0.3, 0.4) is 0 Å². The molecule has 120 valence electrons. The molecule has 0 radical (unpaired) electrons. The molecule has 1 aliphatic rings. The predicted octanol–water partition coefficient (Wildman–Crippen LogP) is 3.05. The number of benzene rings is 1. The number of hydrogen-bond acceptors (Lipinski definition) is 4. The monoisotopic (exact) mass is 422 g/mol. The van der Waals surface area contributed by atoms with Crippen molar-refractivity contribution in [2.45, 2.75) is 16.2 Å². The quantitative estimate of drug-likeness (QED) is 0.825. The van der Waals surface area contributed by atoms with E-state index < -0.39 is 10.0 Å². The lowest BCUT2D eigenvalue weighted by Gasteiger charge is -2.15. The Bertz CT molecular complexity index is 736. The van der Waals surface area contributed by atoms with Crippen molar-refractivity contribution in [2.24, 2.45) is 5.73 Å². The molecule has 1 aliphatic heterocycles. The lowest BCUT2D eigenvalue weighted by Crippen LogP contribution is -2.31. The van der Waals surface area contributed by atoms with Crippen LogP contribution in [0.2, 0.25) is 0 Å². The molecule has 2 N–H and O–H groups in total. The van der Waals surface area contributed by atoms with E-state index in [0.29, 0.717) is 17.3 Å². The Morgan fingerprint density at radius 2 is 1.82 bits per heavy atom. The Kier molecular flexibility index (Phi) is 5.68.